The molecule has 0 unspecified atom stereocenters. The van der Waals surface area contributed by atoms with Crippen LogP contribution in [0.15, 0.2) is 110 Å². The van der Waals surface area contributed by atoms with Crippen LogP contribution in [0.1, 0.15) is 38.8 Å². The van der Waals surface area contributed by atoms with E-state index in [0.717, 1.165) is 68.3 Å². The Kier molecular flexibility index (Phi) is 12.7. The van der Waals surface area contributed by atoms with Gasteiger partial charge in [0.15, 0.2) is 0 Å². The van der Waals surface area contributed by atoms with Crippen LogP contribution < -0.4 is 9.47 Å². The van der Waals surface area contributed by atoms with Crippen molar-refractivity contribution in [2.24, 2.45) is 11.8 Å². The predicted octanol–water partition coefficient (Wildman–Crippen LogP) is 10.3. The Morgan fingerprint density at radius 2 is 1.04 bits per heavy atom. The summed E-state index contributed by atoms with van der Waals surface area (Å²) >= 11 is 0. The minimum Gasteiger partial charge on any atom is -0.503 e. The van der Waals surface area contributed by atoms with Crippen molar-refractivity contribution in [2.75, 3.05) is 0 Å². The Balaban J connectivity index is 0.00000257. The zero-order valence-corrected chi connectivity index (χ0v) is 33.7. The van der Waals surface area contributed by atoms with E-state index in [1.54, 1.807) is 12.4 Å². The predicted molar refractivity (Wildman–Crippen MR) is 206 cm³/mol. The molecule has 0 saturated carbocycles. The van der Waals surface area contributed by atoms with Gasteiger partial charge in [-0.3, -0.25) is 0 Å². The Bertz CT molecular complexity index is 2370. The molecule has 0 atom stereocenters. The molecule has 0 N–H and O–H groups in total. The van der Waals surface area contributed by atoms with Crippen LogP contribution in [0.4, 0.5) is 0 Å². The largest absolute Gasteiger partial charge is 2.00 e. The van der Waals surface area contributed by atoms with Crippen LogP contribution in [0, 0.1) is 36.1 Å². The summed E-state index contributed by atoms with van der Waals surface area (Å²) in [5.74, 6) is 3.53. The first-order valence-corrected chi connectivity index (χ1v) is 17.7. The monoisotopic (exact) mass is 904 g/mol. The minimum atomic E-state index is 0. The van der Waals surface area contributed by atoms with Gasteiger partial charge in [-0.1, -0.05) is 99.8 Å². The molecule has 8 aromatic rings. The fraction of sp³-hybridized carbons (Fsp3) is 0.178. The molecular formula is C45H36N6O2Pd2. The van der Waals surface area contributed by atoms with Crippen molar-refractivity contribution in [3.05, 3.63) is 145 Å². The van der Waals surface area contributed by atoms with E-state index in [1.165, 1.54) is 12.7 Å². The van der Waals surface area contributed by atoms with Crippen molar-refractivity contribution in [1.29, 1.82) is 0 Å². The summed E-state index contributed by atoms with van der Waals surface area (Å²) in [6.07, 6.45) is 8.10. The van der Waals surface area contributed by atoms with E-state index in [1.807, 2.05) is 77.4 Å². The molecular weight excluding hydrogens is 869 g/mol. The van der Waals surface area contributed by atoms with E-state index < -0.39 is 0 Å². The first kappa shape index (κ1) is 39.6. The van der Waals surface area contributed by atoms with Crippen molar-refractivity contribution in [1.82, 2.24) is 29.5 Å². The maximum Gasteiger partial charge on any atom is 2.00 e. The zero-order chi connectivity index (χ0) is 36.3. The van der Waals surface area contributed by atoms with Crippen LogP contribution in [-0.4, -0.2) is 29.5 Å². The number of hydrogen-bond donors (Lipinski definition) is 0. The molecule has 4 heterocycles. The molecule has 0 saturated heterocycles. The van der Waals surface area contributed by atoms with E-state index in [0.29, 0.717) is 40.8 Å². The molecule has 55 heavy (non-hydrogen) atoms. The van der Waals surface area contributed by atoms with Gasteiger partial charge in [0, 0.05) is 35.4 Å². The van der Waals surface area contributed by atoms with Crippen molar-refractivity contribution in [3.8, 4) is 51.5 Å². The molecule has 10 heteroatoms. The quantitative estimate of drug-likeness (QED) is 0.0944. The molecule has 0 bridgehead atoms. The third kappa shape index (κ3) is 8.75. The number of pyridine rings is 2. The van der Waals surface area contributed by atoms with Crippen LogP contribution in [0.5, 0.6) is 23.0 Å². The number of nitrogens with zero attached hydrogens (tertiary/aromatic N) is 6. The second-order valence-electron chi connectivity index (χ2n) is 13.7. The van der Waals surface area contributed by atoms with Gasteiger partial charge in [-0.15, -0.1) is 70.8 Å². The summed E-state index contributed by atoms with van der Waals surface area (Å²) < 4.78 is 15.2. The third-order valence-corrected chi connectivity index (χ3v) is 8.71. The van der Waals surface area contributed by atoms with Gasteiger partial charge in [-0.05, 0) is 23.5 Å². The van der Waals surface area contributed by atoms with E-state index >= 15 is 0 Å². The third-order valence-electron chi connectivity index (χ3n) is 8.71. The number of rotatable bonds is 11. The second-order valence-corrected chi connectivity index (χ2v) is 13.7. The molecule has 0 aliphatic carbocycles. The number of ether oxygens (including phenoxy) is 2. The normalized spacial score (nSPS) is 11.1. The second kappa shape index (κ2) is 17.6. The van der Waals surface area contributed by atoms with E-state index in [4.69, 9.17) is 9.47 Å². The molecule has 0 spiro atoms. The van der Waals surface area contributed by atoms with Gasteiger partial charge in [0.05, 0.1) is 0 Å². The van der Waals surface area contributed by atoms with E-state index in [2.05, 4.69) is 89.0 Å². The summed E-state index contributed by atoms with van der Waals surface area (Å²) in [4.78, 5) is 22.3. The molecule has 278 valence electrons. The van der Waals surface area contributed by atoms with Crippen molar-refractivity contribution in [2.45, 2.75) is 40.5 Å². The number of aromatic nitrogens is 6. The molecule has 0 radical (unpaired) electrons. The Hall–Kier alpha value is -5.09. The van der Waals surface area contributed by atoms with Crippen LogP contribution in [0.2, 0.25) is 0 Å². The zero-order valence-electron chi connectivity index (χ0n) is 30.6. The maximum atomic E-state index is 6.64. The van der Waals surface area contributed by atoms with Gasteiger partial charge in [-0.25, -0.2) is 15.0 Å². The molecule has 0 fully saturated rings. The molecule has 0 aliphatic heterocycles. The SMILES string of the molecule is CC(C)Cc1cc2c3cc(CC(C)C)c(Oc4[c-]c(-c5ccccn5)ccc4)[c-]c3n(-c3ncncn3)c2[c-]c1Oc1[c-]c(-c2ccccn2)ccc1.[Pd+2].[Pd+2]. The molecule has 8 rings (SSSR count). The molecule has 4 aromatic heterocycles. The Morgan fingerprint density at radius 1 is 0.564 bits per heavy atom. The fourth-order valence-electron chi connectivity index (χ4n) is 6.49. The van der Waals surface area contributed by atoms with Gasteiger partial charge in [-0.2, -0.15) is 22.9 Å². The molecule has 0 aliphatic rings. The van der Waals surface area contributed by atoms with Gasteiger partial charge in [0.2, 0.25) is 5.95 Å². The summed E-state index contributed by atoms with van der Waals surface area (Å²) in [6.45, 7) is 8.81. The van der Waals surface area contributed by atoms with Gasteiger partial charge >= 0.3 is 40.8 Å². The molecule has 8 nitrogen and oxygen atoms in total. The van der Waals surface area contributed by atoms with E-state index in [9.17, 15) is 0 Å². The van der Waals surface area contributed by atoms with Crippen LogP contribution >= 0.6 is 0 Å². The number of fused-ring (bicyclic) bond motifs is 3. The van der Waals surface area contributed by atoms with Crippen LogP contribution in [0.25, 0.3) is 50.3 Å². The van der Waals surface area contributed by atoms with Gasteiger partial charge in [0.1, 0.15) is 12.7 Å². The van der Waals surface area contributed by atoms with E-state index in [-0.39, 0.29) is 40.8 Å². The molecule has 4 aromatic carbocycles. The van der Waals surface area contributed by atoms with Crippen LogP contribution in [-0.2, 0) is 53.7 Å². The van der Waals surface area contributed by atoms with Crippen molar-refractivity contribution >= 4 is 21.8 Å². The van der Waals surface area contributed by atoms with Crippen LogP contribution in [0.3, 0.4) is 0 Å². The average molecular weight is 906 g/mol. The van der Waals surface area contributed by atoms with Gasteiger partial charge < -0.3 is 24.0 Å². The molecule has 0 amide bonds. The fourth-order valence-corrected chi connectivity index (χ4v) is 6.49. The van der Waals surface area contributed by atoms with Crippen molar-refractivity contribution in [3.63, 3.8) is 0 Å². The topological polar surface area (TPSA) is 87.8 Å². The maximum absolute atomic E-state index is 6.64. The Morgan fingerprint density at radius 3 is 1.45 bits per heavy atom. The Labute approximate surface area is 348 Å². The summed E-state index contributed by atoms with van der Waals surface area (Å²) in [5.41, 5.74) is 6.90. The number of benzene rings is 4. The standard InChI is InChI=1S/C45H36N6O2.2Pd/c1-29(2)19-33-23-37-38-24-34(20-30(3)4)44(53-36-14-10-12-32(22-36)40-16-6-8-18-48-40)26-42(38)51(45-49-27-46-28-50-45)41(37)25-43(33)52-35-13-9-11-31(21-35)39-15-5-7-17-47-39;;/h5-18,23-24,27-30H,19-20H2,1-4H3;;/q-4;2*+2. The van der Waals surface area contributed by atoms with Crippen molar-refractivity contribution < 1.29 is 50.3 Å². The van der Waals surface area contributed by atoms with Gasteiger partial charge in [0.25, 0.3) is 0 Å². The smallest absolute Gasteiger partial charge is 0.503 e. The summed E-state index contributed by atoms with van der Waals surface area (Å²) in [5, 5.41) is 1.98. The minimum absolute atomic E-state index is 0. The first-order chi connectivity index (χ1) is 25.9. The number of hydrogen-bond acceptors (Lipinski definition) is 7. The summed E-state index contributed by atoms with van der Waals surface area (Å²) in [7, 11) is 0. The average Bonchev–Trinajstić information content (AvgIpc) is 3.47. The summed E-state index contributed by atoms with van der Waals surface area (Å²) in [6, 6.07) is 41.8. The first-order valence-electron chi connectivity index (χ1n) is 17.7.